The fourth-order valence-electron chi connectivity index (χ4n) is 3.37. The maximum atomic E-state index is 12.8. The lowest BCUT2D eigenvalue weighted by molar-refractivity contribution is -0.119. The molecule has 8 nitrogen and oxygen atoms in total. The molecule has 2 heterocycles. The van der Waals surface area contributed by atoms with Crippen LogP contribution in [0.3, 0.4) is 0 Å². The molecule has 1 aliphatic heterocycles. The highest BCUT2D eigenvalue weighted by molar-refractivity contribution is 7.91. The second kappa shape index (κ2) is 7.75. The minimum atomic E-state index is -3.78. The monoisotopic (exact) mass is 425 g/mol. The smallest absolute Gasteiger partial charge is 0.274 e. The molecule has 9 heteroatoms. The molecular weight excluding hydrogens is 406 g/mol. The minimum absolute atomic E-state index is 0.0180. The van der Waals surface area contributed by atoms with E-state index in [9.17, 15) is 18.0 Å². The number of anilines is 1. The van der Waals surface area contributed by atoms with E-state index >= 15 is 0 Å². The zero-order chi connectivity index (χ0) is 21.3. The van der Waals surface area contributed by atoms with Crippen LogP contribution in [0.1, 0.15) is 21.8 Å². The van der Waals surface area contributed by atoms with Crippen molar-refractivity contribution in [3.8, 4) is 0 Å². The fourth-order valence-corrected chi connectivity index (χ4v) is 5.02. The Bertz CT molecular complexity index is 1200. The molecule has 0 spiro atoms. The van der Waals surface area contributed by atoms with Crippen LogP contribution in [0.2, 0.25) is 0 Å². The van der Waals surface area contributed by atoms with E-state index in [0.29, 0.717) is 12.2 Å². The van der Waals surface area contributed by atoms with Gasteiger partial charge in [0.05, 0.1) is 16.3 Å². The largest absolute Gasteiger partial charge is 0.360 e. The Balaban J connectivity index is 1.53. The van der Waals surface area contributed by atoms with E-state index < -0.39 is 33.4 Å². The predicted octanol–water partition coefficient (Wildman–Crippen LogP) is 1.81. The van der Waals surface area contributed by atoms with E-state index in [0.717, 1.165) is 5.56 Å². The minimum Gasteiger partial charge on any atom is -0.360 e. The van der Waals surface area contributed by atoms with Crippen molar-refractivity contribution in [2.45, 2.75) is 17.4 Å². The Kier molecular flexibility index (Phi) is 5.13. The summed E-state index contributed by atoms with van der Waals surface area (Å²) in [5.74, 6) is -1.25. The van der Waals surface area contributed by atoms with Crippen LogP contribution in [0, 0.1) is 0 Å². The van der Waals surface area contributed by atoms with Crippen molar-refractivity contribution >= 4 is 27.3 Å². The number of nitrogens with one attached hydrogen (secondary N) is 1. The molecule has 3 aromatic rings. The third kappa shape index (κ3) is 3.84. The van der Waals surface area contributed by atoms with E-state index in [1.807, 2.05) is 30.3 Å². The van der Waals surface area contributed by atoms with Gasteiger partial charge in [0, 0.05) is 19.5 Å². The average molecular weight is 425 g/mol. The van der Waals surface area contributed by atoms with E-state index in [4.69, 9.17) is 4.52 Å². The lowest BCUT2D eigenvalue weighted by Gasteiger charge is -2.20. The number of sulfone groups is 1. The zero-order valence-electron chi connectivity index (χ0n) is 16.1. The summed E-state index contributed by atoms with van der Waals surface area (Å²) in [5, 5.41) is 6.25. The maximum Gasteiger partial charge on any atom is 0.274 e. The second-order valence-corrected chi connectivity index (χ2v) is 9.02. The first-order chi connectivity index (χ1) is 14.3. The van der Waals surface area contributed by atoms with Crippen LogP contribution in [-0.2, 0) is 21.1 Å². The van der Waals surface area contributed by atoms with Crippen LogP contribution < -0.4 is 10.2 Å². The van der Waals surface area contributed by atoms with E-state index in [1.165, 1.54) is 24.1 Å². The van der Waals surface area contributed by atoms with Crippen molar-refractivity contribution in [1.29, 1.82) is 0 Å². The Morgan fingerprint density at radius 2 is 1.87 bits per heavy atom. The third-order valence-electron chi connectivity index (χ3n) is 4.89. The number of hydrogen-bond donors (Lipinski definition) is 1. The molecule has 0 saturated heterocycles. The number of hydrogen-bond acceptors (Lipinski definition) is 6. The normalized spacial score (nSPS) is 17.8. The van der Waals surface area contributed by atoms with Crippen molar-refractivity contribution < 1.29 is 22.5 Å². The molecule has 1 aliphatic rings. The van der Waals surface area contributed by atoms with Gasteiger partial charge in [-0.2, -0.15) is 0 Å². The molecule has 0 fully saturated rings. The Labute approximate surface area is 173 Å². The number of rotatable bonds is 4. The van der Waals surface area contributed by atoms with Crippen molar-refractivity contribution in [1.82, 2.24) is 10.5 Å². The summed E-state index contributed by atoms with van der Waals surface area (Å²) in [6.07, 6.45) is 0.454. The van der Waals surface area contributed by atoms with Crippen LogP contribution in [0.5, 0.6) is 0 Å². The van der Waals surface area contributed by atoms with Gasteiger partial charge in [-0.1, -0.05) is 47.6 Å². The molecular formula is C21H19N3O5S. The van der Waals surface area contributed by atoms with Crippen LogP contribution in [0.4, 0.5) is 5.69 Å². The van der Waals surface area contributed by atoms with Crippen molar-refractivity contribution in [3.63, 3.8) is 0 Å². The van der Waals surface area contributed by atoms with Gasteiger partial charge in [0.25, 0.3) is 5.91 Å². The van der Waals surface area contributed by atoms with E-state index in [1.54, 1.807) is 18.2 Å². The van der Waals surface area contributed by atoms with E-state index in [2.05, 4.69) is 10.5 Å². The highest BCUT2D eigenvalue weighted by atomic mass is 32.2. The highest BCUT2D eigenvalue weighted by Gasteiger charge is 2.37. The molecule has 1 N–H and O–H groups in total. The number of likely N-dealkylation sites (N-methyl/N-ethyl adjacent to an activating group) is 1. The average Bonchev–Trinajstić information content (AvgIpc) is 3.19. The first-order valence-electron chi connectivity index (χ1n) is 9.25. The van der Waals surface area contributed by atoms with Crippen LogP contribution in [0.15, 0.2) is 70.1 Å². The highest BCUT2D eigenvalue weighted by Crippen LogP contribution is 2.29. The SMILES string of the molecule is CN1C(=O)[C@@H](NC(=O)c2cc(Cc3ccccc3)on2)CS(=O)(=O)c2ccccc21. The zero-order valence-corrected chi connectivity index (χ0v) is 16.9. The van der Waals surface area contributed by atoms with Crippen molar-refractivity contribution in [3.05, 3.63) is 77.7 Å². The van der Waals surface area contributed by atoms with Gasteiger partial charge < -0.3 is 14.7 Å². The summed E-state index contributed by atoms with van der Waals surface area (Å²) < 4.78 is 30.7. The molecule has 1 atom stereocenters. The number of carbonyl (C=O) groups excluding carboxylic acids is 2. The summed E-state index contributed by atoms with van der Waals surface area (Å²) >= 11 is 0. The molecule has 2 aromatic carbocycles. The summed E-state index contributed by atoms with van der Waals surface area (Å²) in [6, 6.07) is 16.0. The van der Waals surface area contributed by atoms with E-state index in [-0.39, 0.29) is 16.3 Å². The number of fused-ring (bicyclic) bond motifs is 1. The van der Waals surface area contributed by atoms with Crippen molar-refractivity contribution in [2.75, 3.05) is 17.7 Å². The molecule has 0 saturated carbocycles. The van der Waals surface area contributed by atoms with Gasteiger partial charge >= 0.3 is 0 Å². The number of amides is 2. The summed E-state index contributed by atoms with van der Waals surface area (Å²) in [7, 11) is -2.30. The standard InChI is InChI=1S/C21H19N3O5S/c1-24-18-9-5-6-10-19(18)30(27,28)13-17(21(24)26)22-20(25)16-12-15(29-23-16)11-14-7-3-2-4-8-14/h2-10,12,17H,11,13H2,1H3,(H,22,25)/t17-/m0/s1. The summed E-state index contributed by atoms with van der Waals surface area (Å²) in [5.41, 5.74) is 1.26. The van der Waals surface area contributed by atoms with Gasteiger partial charge in [-0.3, -0.25) is 9.59 Å². The number of carbonyl (C=O) groups is 2. The topological polar surface area (TPSA) is 110 Å². The van der Waals surface area contributed by atoms with Crippen LogP contribution >= 0.6 is 0 Å². The number of benzene rings is 2. The number of aromatic nitrogens is 1. The molecule has 4 rings (SSSR count). The van der Waals surface area contributed by atoms with Gasteiger partial charge in [0.15, 0.2) is 15.5 Å². The van der Waals surface area contributed by atoms with Gasteiger partial charge in [0.1, 0.15) is 11.8 Å². The molecule has 0 aliphatic carbocycles. The predicted molar refractivity (Wildman–Crippen MR) is 109 cm³/mol. The Hall–Kier alpha value is -3.46. The fraction of sp³-hybridized carbons (Fsp3) is 0.190. The molecule has 0 unspecified atom stereocenters. The first-order valence-corrected chi connectivity index (χ1v) is 10.9. The molecule has 0 radical (unpaired) electrons. The van der Waals surface area contributed by atoms with Crippen molar-refractivity contribution in [2.24, 2.45) is 0 Å². The second-order valence-electron chi connectivity index (χ2n) is 7.01. The lowest BCUT2D eigenvalue weighted by atomic mass is 10.1. The molecule has 154 valence electrons. The molecule has 1 aromatic heterocycles. The van der Waals surface area contributed by atoms with Gasteiger partial charge in [0.2, 0.25) is 5.91 Å². The molecule has 30 heavy (non-hydrogen) atoms. The maximum absolute atomic E-state index is 12.8. The number of para-hydroxylation sites is 1. The molecule has 2 amide bonds. The molecule has 0 bridgehead atoms. The summed E-state index contributed by atoms with van der Waals surface area (Å²) in [4.78, 5) is 26.7. The van der Waals surface area contributed by atoms with Crippen LogP contribution in [0.25, 0.3) is 0 Å². The lowest BCUT2D eigenvalue weighted by Crippen LogP contribution is -2.49. The Morgan fingerprint density at radius 1 is 1.17 bits per heavy atom. The van der Waals surface area contributed by atoms with Gasteiger partial charge in [-0.05, 0) is 17.7 Å². The van der Waals surface area contributed by atoms with Crippen LogP contribution in [-0.4, -0.2) is 44.2 Å². The third-order valence-corrected chi connectivity index (χ3v) is 6.68. The first kappa shape index (κ1) is 19.8. The summed E-state index contributed by atoms with van der Waals surface area (Å²) in [6.45, 7) is 0. The quantitative estimate of drug-likeness (QED) is 0.683. The Morgan fingerprint density at radius 3 is 2.63 bits per heavy atom. The van der Waals surface area contributed by atoms with Gasteiger partial charge in [-0.15, -0.1) is 0 Å². The van der Waals surface area contributed by atoms with Gasteiger partial charge in [-0.25, -0.2) is 8.42 Å². The number of nitrogens with zero attached hydrogens (tertiary/aromatic N) is 2.